The summed E-state index contributed by atoms with van der Waals surface area (Å²) in [6.45, 7) is 0. The second-order valence-corrected chi connectivity index (χ2v) is 4.90. The van der Waals surface area contributed by atoms with Crippen molar-refractivity contribution in [2.24, 2.45) is 0 Å². The fraction of sp³-hybridized carbons (Fsp3) is 0. The minimum Gasteiger partial charge on any atom is -0.383 e. The lowest BCUT2D eigenvalue weighted by atomic mass is 10.5. The molecule has 0 saturated carbocycles. The van der Waals surface area contributed by atoms with Crippen molar-refractivity contribution in [3.63, 3.8) is 0 Å². The molecule has 0 aliphatic rings. The Bertz CT molecular complexity index is 499. The Morgan fingerprint density at radius 1 is 1.19 bits per heavy atom. The molecule has 0 amide bonds. The fourth-order valence-electron chi connectivity index (χ4n) is 0.971. The van der Waals surface area contributed by atoms with E-state index in [9.17, 15) is 0 Å². The standard InChI is InChI=1S/C8H7IN6S/c9-4-2-12-3-13-7(4)16-8-14-5(10)1-6(11)15-8/h1-3H,(H4,10,11,14,15). The molecule has 0 unspecified atom stereocenters. The highest BCUT2D eigenvalue weighted by Crippen LogP contribution is 2.27. The SMILES string of the molecule is Nc1cc(N)nc(Sc2ncncc2I)n1. The lowest BCUT2D eigenvalue weighted by Gasteiger charge is -2.02. The normalized spacial score (nSPS) is 10.3. The van der Waals surface area contributed by atoms with Gasteiger partial charge in [-0.25, -0.2) is 19.9 Å². The first-order chi connectivity index (χ1) is 7.65. The van der Waals surface area contributed by atoms with Crippen LogP contribution in [0, 0.1) is 3.57 Å². The average Bonchev–Trinajstić information content (AvgIpc) is 2.20. The van der Waals surface area contributed by atoms with Crippen molar-refractivity contribution in [3.8, 4) is 0 Å². The predicted octanol–water partition coefficient (Wildman–Crippen LogP) is 1.19. The quantitative estimate of drug-likeness (QED) is 0.478. The van der Waals surface area contributed by atoms with E-state index in [2.05, 4.69) is 42.5 Å². The summed E-state index contributed by atoms with van der Waals surface area (Å²) in [7, 11) is 0. The Morgan fingerprint density at radius 2 is 1.88 bits per heavy atom. The van der Waals surface area contributed by atoms with Crippen LogP contribution in [0.5, 0.6) is 0 Å². The van der Waals surface area contributed by atoms with Crippen LogP contribution in [0.2, 0.25) is 0 Å². The van der Waals surface area contributed by atoms with Gasteiger partial charge in [0.15, 0.2) is 5.16 Å². The van der Waals surface area contributed by atoms with Crippen LogP contribution in [-0.2, 0) is 0 Å². The Hall–Kier alpha value is -1.16. The van der Waals surface area contributed by atoms with Gasteiger partial charge in [0.2, 0.25) is 0 Å². The van der Waals surface area contributed by atoms with Crippen LogP contribution in [0.4, 0.5) is 11.6 Å². The smallest absolute Gasteiger partial charge is 0.197 e. The molecule has 0 bridgehead atoms. The topological polar surface area (TPSA) is 104 Å². The molecule has 2 aromatic heterocycles. The van der Waals surface area contributed by atoms with Gasteiger partial charge < -0.3 is 11.5 Å². The summed E-state index contributed by atoms with van der Waals surface area (Å²) in [5.74, 6) is 0.693. The third-order valence-electron chi connectivity index (χ3n) is 1.57. The molecule has 0 aliphatic heterocycles. The molecule has 2 aromatic rings. The van der Waals surface area contributed by atoms with Gasteiger partial charge in [-0.15, -0.1) is 0 Å². The molecule has 0 spiro atoms. The van der Waals surface area contributed by atoms with E-state index >= 15 is 0 Å². The van der Waals surface area contributed by atoms with Crippen LogP contribution in [-0.4, -0.2) is 19.9 Å². The molecule has 0 radical (unpaired) electrons. The molecule has 6 nitrogen and oxygen atoms in total. The van der Waals surface area contributed by atoms with Gasteiger partial charge in [0.1, 0.15) is 23.0 Å². The van der Waals surface area contributed by atoms with E-state index in [1.165, 1.54) is 24.2 Å². The number of anilines is 2. The van der Waals surface area contributed by atoms with E-state index < -0.39 is 0 Å². The van der Waals surface area contributed by atoms with Crippen LogP contribution in [0.25, 0.3) is 0 Å². The zero-order valence-electron chi connectivity index (χ0n) is 7.96. The van der Waals surface area contributed by atoms with Gasteiger partial charge in [-0.05, 0) is 34.4 Å². The van der Waals surface area contributed by atoms with Crippen molar-refractivity contribution >= 4 is 46.0 Å². The monoisotopic (exact) mass is 346 g/mol. The van der Waals surface area contributed by atoms with Crippen LogP contribution in [0.1, 0.15) is 0 Å². The second-order valence-electron chi connectivity index (χ2n) is 2.78. The Kier molecular flexibility index (Phi) is 3.39. The Balaban J connectivity index is 2.30. The largest absolute Gasteiger partial charge is 0.383 e. The number of nitrogens with zero attached hydrogens (tertiary/aromatic N) is 4. The maximum absolute atomic E-state index is 5.57. The average molecular weight is 346 g/mol. The van der Waals surface area contributed by atoms with E-state index in [1.54, 1.807) is 6.20 Å². The van der Waals surface area contributed by atoms with E-state index in [0.717, 1.165) is 8.60 Å². The highest BCUT2D eigenvalue weighted by Gasteiger charge is 2.07. The van der Waals surface area contributed by atoms with Gasteiger partial charge in [-0.1, -0.05) is 0 Å². The van der Waals surface area contributed by atoms with E-state index in [4.69, 9.17) is 11.5 Å². The van der Waals surface area contributed by atoms with Gasteiger partial charge in [0.25, 0.3) is 0 Å². The summed E-state index contributed by atoms with van der Waals surface area (Å²) in [4.78, 5) is 16.1. The third-order valence-corrected chi connectivity index (χ3v) is 3.61. The number of hydrogen-bond acceptors (Lipinski definition) is 7. The van der Waals surface area contributed by atoms with Crippen LogP contribution in [0.15, 0.2) is 28.8 Å². The molecule has 0 aromatic carbocycles. The molecular weight excluding hydrogens is 339 g/mol. The van der Waals surface area contributed by atoms with Crippen molar-refractivity contribution in [2.75, 3.05) is 11.5 Å². The zero-order valence-corrected chi connectivity index (χ0v) is 10.9. The minimum absolute atomic E-state index is 0.346. The van der Waals surface area contributed by atoms with Crippen LogP contribution in [0.3, 0.4) is 0 Å². The van der Waals surface area contributed by atoms with Crippen molar-refractivity contribution in [1.29, 1.82) is 0 Å². The van der Waals surface area contributed by atoms with Gasteiger partial charge in [0.05, 0.1) is 3.57 Å². The van der Waals surface area contributed by atoms with Gasteiger partial charge in [-0.3, -0.25) is 0 Å². The lowest BCUT2D eigenvalue weighted by Crippen LogP contribution is -1.99. The van der Waals surface area contributed by atoms with Gasteiger partial charge in [-0.2, -0.15) is 0 Å². The molecule has 0 aliphatic carbocycles. The summed E-state index contributed by atoms with van der Waals surface area (Å²) in [5, 5.41) is 1.26. The number of hydrogen-bond donors (Lipinski definition) is 2. The summed E-state index contributed by atoms with van der Waals surface area (Å²) in [6.07, 6.45) is 3.19. The van der Waals surface area contributed by atoms with Crippen LogP contribution < -0.4 is 11.5 Å². The van der Waals surface area contributed by atoms with E-state index in [-0.39, 0.29) is 0 Å². The molecule has 8 heteroatoms. The maximum atomic E-state index is 5.57. The lowest BCUT2D eigenvalue weighted by molar-refractivity contribution is 0.964. The molecule has 4 N–H and O–H groups in total. The van der Waals surface area contributed by atoms with E-state index in [0.29, 0.717) is 16.8 Å². The van der Waals surface area contributed by atoms with Crippen molar-refractivity contribution in [2.45, 2.75) is 10.2 Å². The number of nitrogens with two attached hydrogens (primary N) is 2. The minimum atomic E-state index is 0.346. The Labute approximate surface area is 109 Å². The summed E-state index contributed by atoms with van der Waals surface area (Å²) in [5.41, 5.74) is 11.1. The third kappa shape index (κ3) is 2.70. The first kappa shape index (κ1) is 11.3. The van der Waals surface area contributed by atoms with Crippen molar-refractivity contribution in [1.82, 2.24) is 19.9 Å². The Morgan fingerprint density at radius 3 is 2.50 bits per heavy atom. The second kappa shape index (κ2) is 4.78. The number of rotatable bonds is 2. The molecule has 0 fully saturated rings. The first-order valence-electron chi connectivity index (χ1n) is 4.18. The fourth-order valence-corrected chi connectivity index (χ4v) is 2.33. The summed E-state index contributed by atoms with van der Waals surface area (Å²) >= 11 is 3.44. The molecule has 16 heavy (non-hydrogen) atoms. The summed E-state index contributed by atoms with van der Waals surface area (Å²) in [6, 6.07) is 1.51. The molecule has 0 atom stereocenters. The molecule has 0 saturated heterocycles. The van der Waals surface area contributed by atoms with Crippen molar-refractivity contribution in [3.05, 3.63) is 22.2 Å². The predicted molar refractivity (Wildman–Crippen MR) is 69.7 cm³/mol. The highest BCUT2D eigenvalue weighted by atomic mass is 127. The highest BCUT2D eigenvalue weighted by molar-refractivity contribution is 14.1. The van der Waals surface area contributed by atoms with E-state index in [1.807, 2.05) is 0 Å². The van der Waals surface area contributed by atoms with Crippen molar-refractivity contribution < 1.29 is 0 Å². The number of nitrogen functional groups attached to an aromatic ring is 2. The molecule has 82 valence electrons. The molecular formula is C8H7IN6S. The number of halogens is 1. The molecule has 2 heterocycles. The first-order valence-corrected chi connectivity index (χ1v) is 6.08. The zero-order chi connectivity index (χ0) is 11.5. The maximum Gasteiger partial charge on any atom is 0.197 e. The number of aromatic nitrogens is 4. The van der Waals surface area contributed by atoms with Gasteiger partial charge >= 0.3 is 0 Å². The van der Waals surface area contributed by atoms with Gasteiger partial charge in [0, 0.05) is 12.3 Å². The summed E-state index contributed by atoms with van der Waals surface area (Å²) < 4.78 is 0.926. The molecule has 2 rings (SSSR count). The van der Waals surface area contributed by atoms with Crippen LogP contribution >= 0.6 is 34.4 Å².